The van der Waals surface area contributed by atoms with Crippen LogP contribution in [0, 0.1) is 11.6 Å². The van der Waals surface area contributed by atoms with E-state index in [2.05, 4.69) is 22.3 Å². The Bertz CT molecular complexity index is 1140. The largest absolute Gasteiger partial charge is 1.00 e. The van der Waals surface area contributed by atoms with Gasteiger partial charge in [0, 0.05) is 30.4 Å². The molecule has 0 spiro atoms. The van der Waals surface area contributed by atoms with Gasteiger partial charge in [-0.2, -0.15) is 0 Å². The molecule has 5 nitrogen and oxygen atoms in total. The van der Waals surface area contributed by atoms with Crippen molar-refractivity contribution in [1.82, 2.24) is 0 Å². The van der Waals surface area contributed by atoms with Crippen LogP contribution < -0.4 is 49.6 Å². The number of hydrogen-bond donors (Lipinski definition) is 1. The number of fused-ring (bicyclic) bond motifs is 1. The molecule has 178 valence electrons. The summed E-state index contributed by atoms with van der Waals surface area (Å²) >= 11 is 0. The SMILES string of the molecule is O=C([O-])CCc1ccc(NCc2cccc3c2CCCN3CCOc2ccc(F)cc2)cc1F.[Na+]. The Morgan fingerprint density at radius 2 is 1.86 bits per heavy atom. The van der Waals surface area contributed by atoms with Gasteiger partial charge in [0.2, 0.25) is 0 Å². The number of aliphatic carboxylic acids is 1. The average Bonchev–Trinajstić information content (AvgIpc) is 2.83. The van der Waals surface area contributed by atoms with Gasteiger partial charge in [-0.1, -0.05) is 18.2 Å². The zero-order valence-electron chi connectivity index (χ0n) is 19.9. The van der Waals surface area contributed by atoms with Crippen LogP contribution in [0.4, 0.5) is 20.2 Å². The van der Waals surface area contributed by atoms with Crippen molar-refractivity contribution in [3.63, 3.8) is 0 Å². The van der Waals surface area contributed by atoms with Crippen molar-refractivity contribution in [2.75, 3.05) is 29.9 Å². The first-order chi connectivity index (χ1) is 16.5. The fourth-order valence-corrected chi connectivity index (χ4v) is 4.27. The molecule has 1 aliphatic heterocycles. The molecule has 1 aliphatic rings. The maximum atomic E-state index is 14.3. The van der Waals surface area contributed by atoms with Crippen molar-refractivity contribution < 1.29 is 53.0 Å². The van der Waals surface area contributed by atoms with Crippen LogP contribution in [-0.2, 0) is 24.2 Å². The molecule has 0 aromatic heterocycles. The van der Waals surface area contributed by atoms with Crippen molar-refractivity contribution in [2.24, 2.45) is 0 Å². The van der Waals surface area contributed by atoms with E-state index in [4.69, 9.17) is 4.74 Å². The topological polar surface area (TPSA) is 64.6 Å². The van der Waals surface area contributed by atoms with Crippen LogP contribution in [0.3, 0.4) is 0 Å². The van der Waals surface area contributed by atoms with E-state index >= 15 is 0 Å². The first kappa shape index (κ1) is 27.0. The molecule has 0 amide bonds. The number of carbonyl (C=O) groups is 1. The first-order valence-electron chi connectivity index (χ1n) is 11.5. The van der Waals surface area contributed by atoms with Crippen molar-refractivity contribution in [3.05, 3.63) is 89.0 Å². The van der Waals surface area contributed by atoms with E-state index in [-0.39, 0.29) is 48.2 Å². The van der Waals surface area contributed by atoms with Gasteiger partial charge < -0.3 is 24.9 Å². The van der Waals surface area contributed by atoms with E-state index in [1.165, 1.54) is 29.4 Å². The number of nitrogens with zero attached hydrogens (tertiary/aromatic N) is 1. The van der Waals surface area contributed by atoms with Gasteiger partial charge in [-0.3, -0.25) is 0 Å². The molecule has 8 heteroatoms. The molecule has 35 heavy (non-hydrogen) atoms. The van der Waals surface area contributed by atoms with Crippen molar-refractivity contribution >= 4 is 17.3 Å². The van der Waals surface area contributed by atoms with Gasteiger partial charge in [0.1, 0.15) is 24.0 Å². The molecule has 0 unspecified atom stereocenters. The van der Waals surface area contributed by atoms with Crippen molar-refractivity contribution in [3.8, 4) is 5.75 Å². The number of aryl methyl sites for hydroxylation is 1. The van der Waals surface area contributed by atoms with E-state index in [1.54, 1.807) is 24.3 Å². The van der Waals surface area contributed by atoms with Crippen LogP contribution in [0.1, 0.15) is 29.5 Å². The first-order valence-corrected chi connectivity index (χ1v) is 11.5. The zero-order valence-corrected chi connectivity index (χ0v) is 21.9. The summed E-state index contributed by atoms with van der Waals surface area (Å²) in [5.74, 6) is -1.25. The Balaban J connectivity index is 0.00000342. The molecule has 0 bridgehead atoms. The van der Waals surface area contributed by atoms with Gasteiger partial charge in [0.05, 0.1) is 6.54 Å². The summed E-state index contributed by atoms with van der Waals surface area (Å²) in [4.78, 5) is 12.9. The molecule has 0 saturated carbocycles. The maximum absolute atomic E-state index is 14.3. The van der Waals surface area contributed by atoms with E-state index in [0.29, 0.717) is 30.2 Å². The molecular weight excluding hydrogens is 461 g/mol. The van der Waals surface area contributed by atoms with Gasteiger partial charge in [-0.05, 0) is 84.8 Å². The quantitative estimate of drug-likeness (QED) is 0.433. The van der Waals surface area contributed by atoms with E-state index < -0.39 is 11.8 Å². The van der Waals surface area contributed by atoms with E-state index in [9.17, 15) is 18.7 Å². The second-order valence-electron chi connectivity index (χ2n) is 8.34. The third kappa shape index (κ3) is 7.43. The third-order valence-electron chi connectivity index (χ3n) is 6.02. The normalized spacial score (nSPS) is 12.5. The van der Waals surface area contributed by atoms with Gasteiger partial charge in [0.25, 0.3) is 0 Å². The van der Waals surface area contributed by atoms with Crippen LogP contribution >= 0.6 is 0 Å². The maximum Gasteiger partial charge on any atom is 1.00 e. The molecule has 0 atom stereocenters. The standard InChI is InChI=1S/C27H28F2N2O3.Na/c28-21-8-11-23(12-9-21)34-16-15-31-14-2-4-24-20(3-1-5-26(24)31)18-30-22-10-6-19(25(29)17-22)7-13-27(32)33;/h1,3,5-6,8-12,17,30H,2,4,7,13-16,18H2,(H,32,33);/q;+1/p-1. The minimum atomic E-state index is -1.19. The summed E-state index contributed by atoms with van der Waals surface area (Å²) in [5, 5.41) is 13.9. The van der Waals surface area contributed by atoms with Crippen LogP contribution in [-0.4, -0.2) is 25.7 Å². The predicted octanol–water partition coefficient (Wildman–Crippen LogP) is 1.09. The molecule has 1 N–H and O–H groups in total. The molecule has 3 aromatic carbocycles. The van der Waals surface area contributed by atoms with Crippen LogP contribution in [0.2, 0.25) is 0 Å². The second-order valence-corrected chi connectivity index (χ2v) is 8.34. The van der Waals surface area contributed by atoms with Crippen molar-refractivity contribution in [2.45, 2.75) is 32.2 Å². The molecule has 1 heterocycles. The molecule has 0 radical (unpaired) electrons. The number of carboxylic acids is 1. The Labute approximate surface area is 226 Å². The van der Waals surface area contributed by atoms with Crippen LogP contribution in [0.5, 0.6) is 5.75 Å². The van der Waals surface area contributed by atoms with E-state index in [0.717, 1.165) is 31.5 Å². The molecular formula is C27H27F2N2NaO3. The van der Waals surface area contributed by atoms with Crippen LogP contribution in [0.15, 0.2) is 60.7 Å². The Morgan fingerprint density at radius 3 is 2.60 bits per heavy atom. The number of rotatable bonds is 10. The molecule has 0 saturated heterocycles. The fraction of sp³-hybridized carbons (Fsp3) is 0.296. The summed E-state index contributed by atoms with van der Waals surface area (Å²) in [6, 6.07) is 17.0. The predicted molar refractivity (Wildman–Crippen MR) is 126 cm³/mol. The van der Waals surface area contributed by atoms with Gasteiger partial charge >= 0.3 is 29.6 Å². The number of carbonyl (C=O) groups excluding carboxylic acids is 1. The second kappa shape index (κ2) is 12.9. The minimum Gasteiger partial charge on any atom is -0.550 e. The average molecular weight is 489 g/mol. The Hall–Kier alpha value is -2.61. The van der Waals surface area contributed by atoms with Crippen molar-refractivity contribution in [1.29, 1.82) is 0 Å². The van der Waals surface area contributed by atoms with Crippen LogP contribution in [0.25, 0.3) is 0 Å². The number of ether oxygens (including phenoxy) is 1. The summed E-state index contributed by atoms with van der Waals surface area (Å²) in [5.41, 5.74) is 4.62. The zero-order chi connectivity index (χ0) is 23.9. The summed E-state index contributed by atoms with van der Waals surface area (Å²) in [6.07, 6.45) is 1.91. The number of anilines is 2. The number of carboxylic acid groups (broad SMARTS) is 1. The monoisotopic (exact) mass is 488 g/mol. The molecule has 0 aliphatic carbocycles. The molecule has 0 fully saturated rings. The number of benzene rings is 3. The summed E-state index contributed by atoms with van der Waals surface area (Å²) < 4.78 is 33.2. The number of hydrogen-bond acceptors (Lipinski definition) is 5. The Morgan fingerprint density at radius 1 is 1.06 bits per heavy atom. The van der Waals surface area contributed by atoms with Gasteiger partial charge in [-0.15, -0.1) is 0 Å². The number of nitrogens with one attached hydrogen (secondary N) is 1. The van der Waals surface area contributed by atoms with Gasteiger partial charge in [0.15, 0.2) is 0 Å². The van der Waals surface area contributed by atoms with E-state index in [1.807, 2.05) is 6.07 Å². The Kier molecular flexibility index (Phi) is 9.95. The number of halogens is 2. The molecule has 3 aromatic rings. The molecule has 4 rings (SSSR count). The smallest absolute Gasteiger partial charge is 0.550 e. The summed E-state index contributed by atoms with van der Waals surface area (Å²) in [7, 11) is 0. The minimum absolute atomic E-state index is 0. The summed E-state index contributed by atoms with van der Waals surface area (Å²) in [6.45, 7) is 2.72. The third-order valence-corrected chi connectivity index (χ3v) is 6.02. The van der Waals surface area contributed by atoms with Gasteiger partial charge in [-0.25, -0.2) is 8.78 Å². The fourth-order valence-electron chi connectivity index (χ4n) is 4.27.